The Morgan fingerprint density at radius 2 is 1.92 bits per heavy atom. The second-order valence-corrected chi connectivity index (χ2v) is 6.97. The molecular weight excluding hydrogens is 346 g/mol. The largest absolute Gasteiger partial charge is 0.350 e. The third-order valence-electron chi connectivity index (χ3n) is 4.14. The number of nitrogens with zero attached hydrogens (tertiary/aromatic N) is 3. The van der Waals surface area contributed by atoms with Crippen LogP contribution in [0.25, 0.3) is 21.5 Å². The van der Waals surface area contributed by atoms with E-state index >= 15 is 0 Å². The van der Waals surface area contributed by atoms with Crippen LogP contribution in [0.3, 0.4) is 0 Å². The van der Waals surface area contributed by atoms with E-state index in [0.29, 0.717) is 17.4 Å². The highest BCUT2D eigenvalue weighted by Gasteiger charge is 2.23. The third kappa shape index (κ3) is 2.99. The van der Waals surface area contributed by atoms with Crippen molar-refractivity contribution >= 4 is 32.6 Å². The van der Waals surface area contributed by atoms with E-state index < -0.39 is 0 Å². The number of fused-ring (bicyclic) bond motifs is 1. The van der Waals surface area contributed by atoms with Crippen LogP contribution in [0.15, 0.2) is 59.1 Å². The summed E-state index contributed by atoms with van der Waals surface area (Å²) in [6.07, 6.45) is 0. The quantitative estimate of drug-likeness (QED) is 0.516. The molecule has 0 saturated carbocycles. The van der Waals surface area contributed by atoms with E-state index in [4.69, 9.17) is 4.52 Å². The molecule has 2 aromatic heterocycles. The van der Waals surface area contributed by atoms with Crippen molar-refractivity contribution in [3.63, 3.8) is 0 Å². The number of hydrogen-bond donors (Lipinski definition) is 0. The Bertz CT molecular complexity index is 1030. The summed E-state index contributed by atoms with van der Waals surface area (Å²) in [5.74, 6) is -0.0286. The van der Waals surface area contributed by atoms with Crippen LogP contribution in [0.2, 0.25) is 0 Å². The molecular formula is C20H17N3O2S. The highest BCUT2D eigenvalue weighted by Crippen LogP contribution is 2.30. The zero-order chi connectivity index (χ0) is 18.1. The van der Waals surface area contributed by atoms with E-state index in [0.717, 1.165) is 15.8 Å². The molecule has 6 heteroatoms. The first-order chi connectivity index (χ1) is 12.7. The van der Waals surface area contributed by atoms with Crippen LogP contribution in [0, 0.1) is 6.92 Å². The number of anilines is 1. The number of thiazole rings is 1. The predicted octanol–water partition coefficient (Wildman–Crippen LogP) is 4.93. The van der Waals surface area contributed by atoms with Crippen LogP contribution < -0.4 is 4.90 Å². The van der Waals surface area contributed by atoms with Gasteiger partial charge in [-0.05, 0) is 26.0 Å². The average molecular weight is 363 g/mol. The second-order valence-electron chi connectivity index (χ2n) is 5.96. The van der Waals surface area contributed by atoms with Gasteiger partial charge in [0.05, 0.1) is 10.2 Å². The molecule has 2 aromatic carbocycles. The minimum absolute atomic E-state index is 0.210. The molecule has 0 atom stereocenters. The standard InChI is InChI=1S/C20H17N3O2S/c1-3-23(20-21-15-6-4-5-7-18(15)26-20)19(24)17-12-16(22-25-17)14-10-8-13(2)9-11-14/h4-12H,3H2,1-2H3. The van der Waals surface area contributed by atoms with Crippen LogP contribution in [-0.4, -0.2) is 22.6 Å². The number of benzene rings is 2. The summed E-state index contributed by atoms with van der Waals surface area (Å²) in [6, 6.07) is 17.5. The molecule has 2 heterocycles. The Balaban J connectivity index is 1.64. The molecule has 0 spiro atoms. The molecule has 4 aromatic rings. The van der Waals surface area contributed by atoms with Crippen LogP contribution in [0.1, 0.15) is 23.0 Å². The fourth-order valence-electron chi connectivity index (χ4n) is 2.71. The Morgan fingerprint density at radius 3 is 2.65 bits per heavy atom. The zero-order valence-corrected chi connectivity index (χ0v) is 15.3. The maximum atomic E-state index is 12.9. The van der Waals surface area contributed by atoms with Gasteiger partial charge in [0, 0.05) is 18.2 Å². The van der Waals surface area contributed by atoms with Crippen LogP contribution >= 0.6 is 11.3 Å². The summed E-state index contributed by atoms with van der Waals surface area (Å²) in [7, 11) is 0. The summed E-state index contributed by atoms with van der Waals surface area (Å²) in [6.45, 7) is 4.44. The highest BCUT2D eigenvalue weighted by atomic mass is 32.1. The van der Waals surface area contributed by atoms with Gasteiger partial charge in [-0.1, -0.05) is 58.5 Å². The lowest BCUT2D eigenvalue weighted by Gasteiger charge is -2.15. The van der Waals surface area contributed by atoms with Crippen molar-refractivity contribution in [2.24, 2.45) is 0 Å². The topological polar surface area (TPSA) is 59.2 Å². The van der Waals surface area contributed by atoms with E-state index in [1.165, 1.54) is 16.9 Å². The first-order valence-electron chi connectivity index (χ1n) is 8.37. The number of aryl methyl sites for hydroxylation is 1. The first kappa shape index (κ1) is 16.5. The summed E-state index contributed by atoms with van der Waals surface area (Å²) in [5, 5.41) is 4.71. The Kier molecular flexibility index (Phi) is 4.26. The highest BCUT2D eigenvalue weighted by molar-refractivity contribution is 7.22. The molecule has 1 amide bonds. The fourth-order valence-corrected chi connectivity index (χ4v) is 3.74. The normalized spacial score (nSPS) is 11.0. The number of carbonyl (C=O) groups is 1. The number of amides is 1. The summed E-state index contributed by atoms with van der Waals surface area (Å²) in [4.78, 5) is 19.1. The number of para-hydroxylation sites is 1. The zero-order valence-electron chi connectivity index (χ0n) is 14.5. The number of hydrogen-bond acceptors (Lipinski definition) is 5. The van der Waals surface area contributed by atoms with Gasteiger partial charge in [0.2, 0.25) is 5.76 Å². The van der Waals surface area contributed by atoms with Gasteiger partial charge in [-0.2, -0.15) is 0 Å². The molecule has 0 bridgehead atoms. The number of rotatable bonds is 4. The molecule has 0 fully saturated rings. The Labute approximate surface area is 154 Å². The van der Waals surface area contributed by atoms with Gasteiger partial charge in [-0.25, -0.2) is 4.98 Å². The number of aromatic nitrogens is 2. The fraction of sp³-hybridized carbons (Fsp3) is 0.150. The van der Waals surface area contributed by atoms with Crippen molar-refractivity contribution in [3.05, 3.63) is 65.9 Å². The van der Waals surface area contributed by atoms with Crippen LogP contribution in [0.4, 0.5) is 5.13 Å². The lowest BCUT2D eigenvalue weighted by atomic mass is 10.1. The van der Waals surface area contributed by atoms with Crippen molar-refractivity contribution in [1.82, 2.24) is 10.1 Å². The van der Waals surface area contributed by atoms with Gasteiger partial charge in [-0.15, -0.1) is 0 Å². The van der Waals surface area contributed by atoms with E-state index in [2.05, 4.69) is 10.1 Å². The molecule has 0 aliphatic carbocycles. The van der Waals surface area contributed by atoms with Gasteiger partial charge in [0.15, 0.2) is 5.13 Å². The number of carbonyl (C=O) groups excluding carboxylic acids is 1. The molecule has 4 rings (SSSR count). The van der Waals surface area contributed by atoms with E-state index in [9.17, 15) is 4.79 Å². The third-order valence-corrected chi connectivity index (χ3v) is 5.20. The van der Waals surface area contributed by atoms with E-state index in [1.807, 2.05) is 62.4 Å². The second kappa shape index (κ2) is 6.72. The minimum atomic E-state index is -0.239. The van der Waals surface area contributed by atoms with E-state index in [-0.39, 0.29) is 11.7 Å². The van der Waals surface area contributed by atoms with Gasteiger partial charge in [-0.3, -0.25) is 9.69 Å². The molecule has 0 aliphatic rings. The average Bonchev–Trinajstić information content (AvgIpc) is 3.30. The Hall–Kier alpha value is -2.99. The molecule has 5 nitrogen and oxygen atoms in total. The summed E-state index contributed by atoms with van der Waals surface area (Å²) in [5.41, 5.74) is 3.62. The predicted molar refractivity (Wildman–Crippen MR) is 104 cm³/mol. The Morgan fingerprint density at radius 1 is 1.15 bits per heavy atom. The van der Waals surface area contributed by atoms with Gasteiger partial charge in [0.1, 0.15) is 5.69 Å². The first-order valence-corrected chi connectivity index (χ1v) is 9.18. The van der Waals surface area contributed by atoms with Crippen molar-refractivity contribution in [1.29, 1.82) is 0 Å². The monoisotopic (exact) mass is 363 g/mol. The molecule has 0 radical (unpaired) electrons. The molecule has 0 saturated heterocycles. The lowest BCUT2D eigenvalue weighted by molar-refractivity contribution is 0.0953. The van der Waals surface area contributed by atoms with Gasteiger partial charge < -0.3 is 4.52 Å². The van der Waals surface area contributed by atoms with Gasteiger partial charge >= 0.3 is 0 Å². The van der Waals surface area contributed by atoms with Gasteiger partial charge in [0.25, 0.3) is 5.91 Å². The maximum absolute atomic E-state index is 12.9. The molecule has 0 unspecified atom stereocenters. The van der Waals surface area contributed by atoms with Crippen molar-refractivity contribution in [2.75, 3.05) is 11.4 Å². The minimum Gasteiger partial charge on any atom is -0.350 e. The summed E-state index contributed by atoms with van der Waals surface area (Å²) < 4.78 is 6.37. The maximum Gasteiger partial charge on any atom is 0.298 e. The van der Waals surface area contributed by atoms with Crippen molar-refractivity contribution in [2.45, 2.75) is 13.8 Å². The molecule has 0 N–H and O–H groups in total. The molecule has 130 valence electrons. The van der Waals surface area contributed by atoms with Crippen LogP contribution in [-0.2, 0) is 0 Å². The van der Waals surface area contributed by atoms with E-state index in [1.54, 1.807) is 11.0 Å². The van der Waals surface area contributed by atoms with Crippen molar-refractivity contribution < 1.29 is 9.32 Å². The van der Waals surface area contributed by atoms with Crippen LogP contribution in [0.5, 0.6) is 0 Å². The lowest BCUT2D eigenvalue weighted by Crippen LogP contribution is -2.30. The smallest absolute Gasteiger partial charge is 0.298 e. The molecule has 26 heavy (non-hydrogen) atoms. The SMILES string of the molecule is CCN(C(=O)c1cc(-c2ccc(C)cc2)no1)c1nc2ccccc2s1. The molecule has 0 aliphatic heterocycles. The van der Waals surface area contributed by atoms with Crippen molar-refractivity contribution in [3.8, 4) is 11.3 Å². The summed E-state index contributed by atoms with van der Waals surface area (Å²) >= 11 is 1.49.